The summed E-state index contributed by atoms with van der Waals surface area (Å²) in [5.74, 6) is 0.445. The number of carbonyl (C=O) groups excluding carboxylic acids is 1. The first-order valence-electron chi connectivity index (χ1n) is 7.35. The maximum atomic E-state index is 13.1. The third-order valence-electron chi connectivity index (χ3n) is 5.00. The number of para-hydroxylation sites is 1. The lowest BCUT2D eigenvalue weighted by atomic mass is 10.0. The quantitative estimate of drug-likeness (QED) is 0.752. The van der Waals surface area contributed by atoms with Gasteiger partial charge in [-0.3, -0.25) is 4.79 Å². The summed E-state index contributed by atoms with van der Waals surface area (Å²) >= 11 is 3.62. The van der Waals surface area contributed by atoms with Crippen molar-refractivity contribution in [3.05, 3.63) is 34.4 Å². The van der Waals surface area contributed by atoms with Crippen LogP contribution >= 0.6 is 15.9 Å². The highest BCUT2D eigenvalue weighted by Crippen LogP contribution is 2.49. The fourth-order valence-electron chi connectivity index (χ4n) is 4.15. The Balaban J connectivity index is 1.90. The van der Waals surface area contributed by atoms with Gasteiger partial charge in [0.2, 0.25) is 0 Å². The monoisotopic (exact) mass is 359 g/mol. The molecule has 1 aromatic heterocycles. The topological polar surface area (TPSA) is 75.6 Å². The molecule has 2 aromatic rings. The number of hydrogen-bond acceptors (Lipinski definition) is 4. The third kappa shape index (κ3) is 1.23. The van der Waals surface area contributed by atoms with E-state index < -0.39 is 5.66 Å². The summed E-state index contributed by atoms with van der Waals surface area (Å²) < 4.78 is 2.88. The Kier molecular flexibility index (Phi) is 2.18. The van der Waals surface area contributed by atoms with Gasteiger partial charge in [-0.1, -0.05) is 18.2 Å². The fourth-order valence-corrected chi connectivity index (χ4v) is 4.85. The summed E-state index contributed by atoms with van der Waals surface area (Å²) in [6, 6.07) is 8.01. The van der Waals surface area contributed by atoms with Crippen LogP contribution in [0, 0.1) is 0 Å². The van der Waals surface area contributed by atoms with Gasteiger partial charge in [0, 0.05) is 11.9 Å². The molecule has 5 rings (SSSR count). The zero-order chi connectivity index (χ0) is 15.1. The van der Waals surface area contributed by atoms with E-state index in [1.165, 1.54) is 0 Å². The predicted molar refractivity (Wildman–Crippen MR) is 86.4 cm³/mol. The van der Waals surface area contributed by atoms with Crippen LogP contribution in [-0.4, -0.2) is 33.5 Å². The lowest BCUT2D eigenvalue weighted by Crippen LogP contribution is -2.63. The average molecular weight is 360 g/mol. The van der Waals surface area contributed by atoms with Gasteiger partial charge in [0.05, 0.1) is 9.99 Å². The van der Waals surface area contributed by atoms with E-state index in [9.17, 15) is 4.79 Å². The highest BCUT2D eigenvalue weighted by atomic mass is 79.9. The molecule has 3 N–H and O–H groups in total. The van der Waals surface area contributed by atoms with Crippen LogP contribution in [0.25, 0.3) is 10.9 Å². The second-order valence-electron chi connectivity index (χ2n) is 6.05. The second-order valence-corrected chi connectivity index (χ2v) is 6.84. The van der Waals surface area contributed by atoms with E-state index in [1.54, 1.807) is 0 Å². The molecule has 1 aromatic carbocycles. The number of hydrogen-bond donors (Lipinski definition) is 2. The molecule has 0 bridgehead atoms. The molecule has 4 heterocycles. The standard InChI is InChI=1S/C15H14BrN5O/c16-10-8-4-1-2-5-9(8)21-11(10)12(22)20-7-3-6-15(20)13(21)18-14(17)19-15/h1-2,4-5,13H,3,6-7H2,(H3,17,18,19)/t13-,15+/m0/s1. The molecule has 1 amide bonds. The minimum absolute atomic E-state index is 0.0363. The van der Waals surface area contributed by atoms with Crippen LogP contribution in [0.2, 0.25) is 0 Å². The number of nitrogens with one attached hydrogen (secondary N) is 1. The smallest absolute Gasteiger partial charge is 0.273 e. The van der Waals surface area contributed by atoms with E-state index in [0.29, 0.717) is 11.7 Å². The van der Waals surface area contributed by atoms with Gasteiger partial charge in [0.25, 0.3) is 5.91 Å². The summed E-state index contributed by atoms with van der Waals surface area (Å²) in [6.07, 6.45) is 1.61. The molecule has 1 saturated heterocycles. The van der Waals surface area contributed by atoms with Crippen molar-refractivity contribution in [3.63, 3.8) is 0 Å². The van der Waals surface area contributed by atoms with Gasteiger partial charge in [-0.25, -0.2) is 4.99 Å². The van der Waals surface area contributed by atoms with Gasteiger partial charge < -0.3 is 20.5 Å². The zero-order valence-electron chi connectivity index (χ0n) is 11.7. The van der Waals surface area contributed by atoms with E-state index in [4.69, 9.17) is 5.73 Å². The first-order valence-corrected chi connectivity index (χ1v) is 8.15. The third-order valence-corrected chi connectivity index (χ3v) is 5.80. The molecule has 22 heavy (non-hydrogen) atoms. The summed E-state index contributed by atoms with van der Waals surface area (Å²) in [7, 11) is 0. The Morgan fingerprint density at radius 1 is 1.41 bits per heavy atom. The number of nitrogens with zero attached hydrogens (tertiary/aromatic N) is 3. The van der Waals surface area contributed by atoms with Crippen molar-refractivity contribution in [1.29, 1.82) is 0 Å². The zero-order valence-corrected chi connectivity index (χ0v) is 13.3. The second kappa shape index (κ2) is 3.84. The maximum Gasteiger partial charge on any atom is 0.273 e. The van der Waals surface area contributed by atoms with Crippen molar-refractivity contribution in [3.8, 4) is 0 Å². The van der Waals surface area contributed by atoms with Crippen molar-refractivity contribution < 1.29 is 4.79 Å². The van der Waals surface area contributed by atoms with Crippen molar-refractivity contribution in [2.45, 2.75) is 24.7 Å². The number of rotatable bonds is 0. The van der Waals surface area contributed by atoms with E-state index in [1.807, 2.05) is 33.7 Å². The number of amides is 1. The van der Waals surface area contributed by atoms with Crippen LogP contribution in [0.5, 0.6) is 0 Å². The van der Waals surface area contributed by atoms with Crippen molar-refractivity contribution >= 4 is 38.7 Å². The minimum Gasteiger partial charge on any atom is -0.370 e. The molecule has 0 aliphatic carbocycles. The lowest BCUT2D eigenvalue weighted by molar-refractivity contribution is 0.0335. The molecule has 0 saturated carbocycles. The molecule has 7 heteroatoms. The normalized spacial score (nSPS) is 29.1. The fraction of sp³-hybridized carbons (Fsp3) is 0.333. The van der Waals surface area contributed by atoms with Crippen LogP contribution < -0.4 is 11.1 Å². The summed E-state index contributed by atoms with van der Waals surface area (Å²) in [6.45, 7) is 0.735. The minimum atomic E-state index is -0.505. The number of fused-ring (bicyclic) bond motifs is 4. The molecule has 1 spiro atoms. The van der Waals surface area contributed by atoms with Crippen molar-refractivity contribution in [2.75, 3.05) is 6.54 Å². The summed E-state index contributed by atoms with van der Waals surface area (Å²) in [4.78, 5) is 19.6. The van der Waals surface area contributed by atoms with E-state index in [2.05, 4.69) is 26.2 Å². The van der Waals surface area contributed by atoms with Gasteiger partial charge in [-0.15, -0.1) is 0 Å². The molecule has 0 unspecified atom stereocenters. The molecule has 0 radical (unpaired) electrons. The predicted octanol–water partition coefficient (Wildman–Crippen LogP) is 1.77. The number of halogens is 1. The average Bonchev–Trinajstić information content (AvgIpc) is 3.15. The van der Waals surface area contributed by atoms with Crippen molar-refractivity contribution in [1.82, 2.24) is 14.8 Å². The molecule has 2 atom stereocenters. The molecule has 6 nitrogen and oxygen atoms in total. The number of nitrogens with two attached hydrogens (primary N) is 1. The van der Waals surface area contributed by atoms with Gasteiger partial charge in [-0.2, -0.15) is 0 Å². The summed E-state index contributed by atoms with van der Waals surface area (Å²) in [5.41, 5.74) is 7.15. The van der Waals surface area contributed by atoms with Gasteiger partial charge in [-0.05, 0) is 34.8 Å². The first-order chi connectivity index (χ1) is 10.6. The van der Waals surface area contributed by atoms with Gasteiger partial charge in [0.1, 0.15) is 5.69 Å². The highest BCUT2D eigenvalue weighted by Gasteiger charge is 2.58. The number of guanidine groups is 1. The van der Waals surface area contributed by atoms with E-state index >= 15 is 0 Å². The molecule has 112 valence electrons. The van der Waals surface area contributed by atoms with Crippen LogP contribution in [-0.2, 0) is 0 Å². The Labute approximate surface area is 135 Å². The number of aromatic nitrogens is 1. The SMILES string of the molecule is NC1=N[C@H]2n3c(c(Br)c4ccccc43)C(=O)N3CCC[C@]23N1. The van der Waals surface area contributed by atoms with Gasteiger partial charge >= 0.3 is 0 Å². The Morgan fingerprint density at radius 3 is 3.09 bits per heavy atom. The molecular weight excluding hydrogens is 346 g/mol. The van der Waals surface area contributed by atoms with Crippen LogP contribution in [0.1, 0.15) is 29.5 Å². The molecule has 3 aliphatic heterocycles. The molecule has 3 aliphatic rings. The Morgan fingerprint density at radius 2 is 2.23 bits per heavy atom. The molecular formula is C15H14BrN5O. The van der Waals surface area contributed by atoms with Crippen LogP contribution in [0.4, 0.5) is 0 Å². The number of aliphatic imine (C=N–C) groups is 1. The van der Waals surface area contributed by atoms with Crippen molar-refractivity contribution in [2.24, 2.45) is 10.7 Å². The lowest BCUT2D eigenvalue weighted by Gasteiger charge is -2.43. The van der Waals surface area contributed by atoms with E-state index in [0.717, 1.165) is 34.8 Å². The number of benzene rings is 1. The summed E-state index contributed by atoms with van der Waals surface area (Å²) in [5, 5.41) is 4.30. The van der Waals surface area contributed by atoms with Crippen LogP contribution in [0.15, 0.2) is 33.7 Å². The number of carbonyl (C=O) groups is 1. The Bertz CT molecular complexity index is 872. The highest BCUT2D eigenvalue weighted by molar-refractivity contribution is 9.10. The maximum absolute atomic E-state index is 13.1. The van der Waals surface area contributed by atoms with E-state index in [-0.39, 0.29) is 12.1 Å². The Hall–Kier alpha value is -2.02. The largest absolute Gasteiger partial charge is 0.370 e. The van der Waals surface area contributed by atoms with Crippen LogP contribution in [0.3, 0.4) is 0 Å². The molecule has 1 fully saturated rings. The van der Waals surface area contributed by atoms with Gasteiger partial charge in [0.15, 0.2) is 17.8 Å². The first kappa shape index (κ1) is 12.5.